The number of carbonyl (C=O) groups excluding carboxylic acids is 2. The van der Waals surface area contributed by atoms with Crippen molar-refractivity contribution in [2.75, 3.05) is 0 Å². The van der Waals surface area contributed by atoms with Crippen molar-refractivity contribution in [2.45, 2.75) is 32.9 Å². The normalized spacial score (nSPS) is 11.0. The summed E-state index contributed by atoms with van der Waals surface area (Å²) in [5, 5.41) is 13.7. The zero-order valence-corrected chi connectivity index (χ0v) is 19.3. The number of nitrogens with one attached hydrogen (secondary N) is 1. The van der Waals surface area contributed by atoms with Gasteiger partial charge in [-0.25, -0.2) is 14.2 Å². The van der Waals surface area contributed by atoms with Crippen LogP contribution in [0.1, 0.15) is 41.0 Å². The molecule has 2 aromatic carbocycles. The van der Waals surface area contributed by atoms with Gasteiger partial charge in [0.25, 0.3) is 0 Å². The fraction of sp³-hybridized carbons (Fsp3) is 0.185. The number of carbonyl (C=O) groups is 2. The van der Waals surface area contributed by atoms with Crippen molar-refractivity contribution in [2.24, 2.45) is 0 Å². The van der Waals surface area contributed by atoms with Crippen LogP contribution >= 0.6 is 0 Å². The van der Waals surface area contributed by atoms with Crippen molar-refractivity contribution >= 4 is 23.3 Å². The molecule has 0 aliphatic carbocycles. The fourth-order valence-corrected chi connectivity index (χ4v) is 3.65. The van der Waals surface area contributed by atoms with Gasteiger partial charge in [0.05, 0.1) is 5.69 Å². The molecule has 1 amide bonds. The number of hydrogen-bond acceptors (Lipinski definition) is 6. The largest absolute Gasteiger partial charge is 0.504 e. The third-order valence-corrected chi connectivity index (χ3v) is 5.34. The summed E-state index contributed by atoms with van der Waals surface area (Å²) in [6.07, 6.45) is 2.12. The summed E-state index contributed by atoms with van der Waals surface area (Å²) in [5.74, 6) is -0.592. The lowest BCUT2D eigenvalue weighted by Crippen LogP contribution is -2.30. The molecule has 0 aliphatic heterocycles. The van der Waals surface area contributed by atoms with E-state index in [1.807, 2.05) is 19.9 Å². The Labute approximate surface area is 201 Å². The predicted octanol–water partition coefficient (Wildman–Crippen LogP) is 5.18. The molecule has 0 saturated carbocycles. The standard InChI is InChI=1S/C27H24FN3O4/c1-16(2)30-27(34)35-15-18-3-7-20(8-4-18)24-22-12-19(11-17-5-9-21(28)10-6-17)13-29-25(22)26(33)23(14-32)31-24/h3-10,12-14,16,33H,11,15H2,1-2H3,(H,30,34). The number of aldehydes is 1. The van der Waals surface area contributed by atoms with E-state index in [-0.39, 0.29) is 35.4 Å². The van der Waals surface area contributed by atoms with E-state index >= 15 is 0 Å². The molecule has 2 N–H and O–H groups in total. The van der Waals surface area contributed by atoms with Gasteiger partial charge >= 0.3 is 6.09 Å². The summed E-state index contributed by atoms with van der Waals surface area (Å²) in [5.41, 5.74) is 3.86. The topological polar surface area (TPSA) is 101 Å². The molecule has 0 bridgehead atoms. The smallest absolute Gasteiger partial charge is 0.407 e. The van der Waals surface area contributed by atoms with Crippen LogP contribution in [-0.2, 0) is 17.8 Å². The first-order chi connectivity index (χ1) is 16.8. The molecule has 0 spiro atoms. The number of aromatic hydroxyl groups is 1. The van der Waals surface area contributed by atoms with Crippen LogP contribution in [0.2, 0.25) is 0 Å². The first kappa shape index (κ1) is 23.8. The third kappa shape index (κ3) is 5.60. The molecule has 0 unspecified atom stereocenters. The summed E-state index contributed by atoms with van der Waals surface area (Å²) >= 11 is 0. The molecule has 0 fully saturated rings. The van der Waals surface area contributed by atoms with E-state index in [1.165, 1.54) is 12.1 Å². The van der Waals surface area contributed by atoms with Gasteiger partial charge in [0.15, 0.2) is 12.0 Å². The Morgan fingerprint density at radius 2 is 1.77 bits per heavy atom. The molecule has 178 valence electrons. The quantitative estimate of drug-likeness (QED) is 0.359. The van der Waals surface area contributed by atoms with Gasteiger partial charge in [-0.3, -0.25) is 9.78 Å². The van der Waals surface area contributed by atoms with E-state index in [0.717, 1.165) is 16.7 Å². The zero-order chi connectivity index (χ0) is 24.9. The molecular formula is C27H24FN3O4. The Hall–Kier alpha value is -4.33. The molecule has 2 aromatic heterocycles. The molecule has 0 atom stereocenters. The minimum Gasteiger partial charge on any atom is -0.504 e. The number of rotatable bonds is 7. The summed E-state index contributed by atoms with van der Waals surface area (Å²) in [6, 6.07) is 15.2. The van der Waals surface area contributed by atoms with Crippen LogP contribution in [0.25, 0.3) is 22.2 Å². The van der Waals surface area contributed by atoms with Crippen LogP contribution in [0.3, 0.4) is 0 Å². The summed E-state index contributed by atoms with van der Waals surface area (Å²) in [4.78, 5) is 32.0. The molecule has 0 aliphatic rings. The van der Waals surface area contributed by atoms with E-state index in [9.17, 15) is 19.1 Å². The predicted molar refractivity (Wildman–Crippen MR) is 130 cm³/mol. The Bertz CT molecular complexity index is 1370. The van der Waals surface area contributed by atoms with Crippen molar-refractivity contribution < 1.29 is 23.8 Å². The van der Waals surface area contributed by atoms with E-state index in [0.29, 0.717) is 29.4 Å². The number of halogens is 1. The van der Waals surface area contributed by atoms with Crippen molar-refractivity contribution in [1.82, 2.24) is 15.3 Å². The van der Waals surface area contributed by atoms with Crippen LogP contribution in [-0.4, -0.2) is 33.5 Å². The van der Waals surface area contributed by atoms with Crippen LogP contribution in [0.15, 0.2) is 60.8 Å². The summed E-state index contributed by atoms with van der Waals surface area (Å²) < 4.78 is 18.5. The minimum absolute atomic E-state index is 0.0210. The molecule has 0 saturated heterocycles. The van der Waals surface area contributed by atoms with Gasteiger partial charge < -0.3 is 15.2 Å². The van der Waals surface area contributed by atoms with E-state index < -0.39 is 6.09 Å². The van der Waals surface area contributed by atoms with E-state index in [1.54, 1.807) is 42.6 Å². The lowest BCUT2D eigenvalue weighted by atomic mass is 10.0. The molecule has 8 heteroatoms. The number of pyridine rings is 2. The van der Waals surface area contributed by atoms with Crippen LogP contribution in [0.5, 0.6) is 5.75 Å². The SMILES string of the molecule is CC(C)NC(=O)OCc1ccc(-c2nc(C=O)c(O)c3ncc(Cc4ccc(F)cc4)cc23)cc1. The number of alkyl carbamates (subject to hydrolysis) is 1. The maximum Gasteiger partial charge on any atom is 0.407 e. The molecule has 2 heterocycles. The first-order valence-electron chi connectivity index (χ1n) is 11.1. The number of aromatic nitrogens is 2. The number of amides is 1. The molecule has 0 radical (unpaired) electrons. The summed E-state index contributed by atoms with van der Waals surface area (Å²) in [7, 11) is 0. The maximum atomic E-state index is 13.3. The summed E-state index contributed by atoms with van der Waals surface area (Å²) in [6.45, 7) is 3.79. The fourth-order valence-electron chi connectivity index (χ4n) is 3.65. The second-order valence-electron chi connectivity index (χ2n) is 8.43. The van der Waals surface area contributed by atoms with Crippen LogP contribution < -0.4 is 5.32 Å². The van der Waals surface area contributed by atoms with Gasteiger partial charge in [0.2, 0.25) is 0 Å². The molecular weight excluding hydrogens is 449 g/mol. The minimum atomic E-state index is -0.495. The Morgan fingerprint density at radius 3 is 2.43 bits per heavy atom. The van der Waals surface area contributed by atoms with E-state index in [4.69, 9.17) is 4.74 Å². The van der Waals surface area contributed by atoms with Gasteiger partial charge in [0, 0.05) is 23.2 Å². The lowest BCUT2D eigenvalue weighted by Gasteiger charge is -2.12. The third-order valence-electron chi connectivity index (χ3n) is 5.34. The highest BCUT2D eigenvalue weighted by Gasteiger charge is 2.16. The maximum absolute atomic E-state index is 13.3. The van der Waals surface area contributed by atoms with Crippen LogP contribution in [0.4, 0.5) is 9.18 Å². The average Bonchev–Trinajstić information content (AvgIpc) is 2.84. The highest BCUT2D eigenvalue weighted by Crippen LogP contribution is 2.34. The number of ether oxygens (including phenoxy) is 1. The monoisotopic (exact) mass is 473 g/mol. The van der Waals surface area contributed by atoms with Crippen molar-refractivity contribution in [3.63, 3.8) is 0 Å². The number of benzene rings is 2. The van der Waals surface area contributed by atoms with Gasteiger partial charge in [-0.05, 0) is 55.2 Å². The number of hydrogen-bond donors (Lipinski definition) is 2. The number of nitrogens with zero attached hydrogens (tertiary/aromatic N) is 2. The molecule has 7 nitrogen and oxygen atoms in total. The molecule has 4 rings (SSSR count). The highest BCUT2D eigenvalue weighted by atomic mass is 19.1. The van der Waals surface area contributed by atoms with Gasteiger partial charge in [-0.1, -0.05) is 36.4 Å². The lowest BCUT2D eigenvalue weighted by molar-refractivity contribution is 0.111. The average molecular weight is 474 g/mol. The van der Waals surface area contributed by atoms with Gasteiger partial charge in [-0.2, -0.15) is 0 Å². The molecule has 35 heavy (non-hydrogen) atoms. The Balaban J connectivity index is 1.67. The van der Waals surface area contributed by atoms with Gasteiger partial charge in [-0.15, -0.1) is 0 Å². The molecule has 4 aromatic rings. The van der Waals surface area contributed by atoms with E-state index in [2.05, 4.69) is 15.3 Å². The van der Waals surface area contributed by atoms with Crippen molar-refractivity contribution in [1.29, 1.82) is 0 Å². The zero-order valence-electron chi connectivity index (χ0n) is 19.3. The second-order valence-corrected chi connectivity index (χ2v) is 8.43. The van der Waals surface area contributed by atoms with Crippen molar-refractivity contribution in [3.05, 3.63) is 89.0 Å². The van der Waals surface area contributed by atoms with Gasteiger partial charge in [0.1, 0.15) is 23.6 Å². The van der Waals surface area contributed by atoms with Crippen LogP contribution in [0, 0.1) is 5.82 Å². The second kappa shape index (κ2) is 10.3. The Morgan fingerprint density at radius 1 is 1.09 bits per heavy atom. The first-order valence-corrected chi connectivity index (χ1v) is 11.1. The highest BCUT2D eigenvalue weighted by molar-refractivity contribution is 6.00. The van der Waals surface area contributed by atoms with Crippen molar-refractivity contribution in [3.8, 4) is 17.0 Å². The number of fused-ring (bicyclic) bond motifs is 1. The Kier molecular flexibility index (Phi) is 7.01.